The summed E-state index contributed by atoms with van der Waals surface area (Å²) < 4.78 is 7.05. The average molecular weight is 461 g/mol. The number of ether oxygens (including phenoxy) is 1. The van der Waals surface area contributed by atoms with Crippen molar-refractivity contribution in [2.24, 2.45) is 5.73 Å². The number of amides is 1. The predicted molar refractivity (Wildman–Crippen MR) is 130 cm³/mol. The molecular weight excluding hydrogens is 437 g/mol. The third-order valence-corrected chi connectivity index (χ3v) is 5.25. The Kier molecular flexibility index (Phi) is 6.35. The number of carbonyl (C=O) groups is 1. The van der Waals surface area contributed by atoms with Gasteiger partial charge in [0.05, 0.1) is 30.1 Å². The Morgan fingerprint density at radius 2 is 1.97 bits per heavy atom. The third-order valence-electron chi connectivity index (χ3n) is 5.25. The quantitative estimate of drug-likeness (QED) is 0.271. The monoisotopic (exact) mass is 461 g/mol. The molecule has 0 fully saturated rings. The summed E-state index contributed by atoms with van der Waals surface area (Å²) in [6.45, 7) is 0.380. The smallest absolute Gasteiger partial charge is 0.468 e. The van der Waals surface area contributed by atoms with Crippen molar-refractivity contribution in [3.8, 4) is 12.0 Å². The minimum Gasteiger partial charge on any atom is -0.468 e. The molecule has 0 saturated heterocycles. The molecule has 174 valence electrons. The van der Waals surface area contributed by atoms with Crippen molar-refractivity contribution in [1.29, 1.82) is 0 Å². The van der Waals surface area contributed by atoms with Crippen LogP contribution >= 0.6 is 0 Å². The first-order chi connectivity index (χ1) is 16.3. The summed E-state index contributed by atoms with van der Waals surface area (Å²) in [5, 5.41) is 22.2. The van der Waals surface area contributed by atoms with Crippen LogP contribution in [0.2, 0.25) is 0 Å². The van der Waals surface area contributed by atoms with Crippen LogP contribution in [0.5, 0.6) is 6.01 Å². The second-order valence-electron chi connectivity index (χ2n) is 7.74. The molecule has 4 aromatic rings. The third kappa shape index (κ3) is 4.36. The first-order valence-corrected chi connectivity index (χ1v) is 10.4. The number of rotatable bonds is 8. The number of fused-ring (bicyclic) bond motifs is 1. The van der Waals surface area contributed by atoms with Crippen molar-refractivity contribution in [2.45, 2.75) is 6.54 Å². The molecule has 2 aromatic carbocycles. The van der Waals surface area contributed by atoms with Crippen molar-refractivity contribution in [1.82, 2.24) is 19.5 Å². The van der Waals surface area contributed by atoms with Gasteiger partial charge in [-0.2, -0.15) is 9.97 Å². The number of primary amides is 1. The van der Waals surface area contributed by atoms with E-state index in [-0.39, 0.29) is 17.5 Å². The number of aromatic nitrogens is 4. The molecule has 0 unspecified atom stereocenters. The van der Waals surface area contributed by atoms with Crippen molar-refractivity contribution in [3.05, 3.63) is 59.8 Å². The number of imidazole rings is 1. The van der Waals surface area contributed by atoms with E-state index in [1.807, 2.05) is 25.1 Å². The van der Waals surface area contributed by atoms with Gasteiger partial charge in [0.2, 0.25) is 5.95 Å². The van der Waals surface area contributed by atoms with Gasteiger partial charge in [0.1, 0.15) is 5.52 Å². The number of nitrogens with zero attached hydrogens (tertiary/aromatic N) is 5. The summed E-state index contributed by atoms with van der Waals surface area (Å²) in [6, 6.07) is 12.2. The highest BCUT2D eigenvalue weighted by Crippen LogP contribution is 2.29. The fourth-order valence-corrected chi connectivity index (χ4v) is 3.59. The van der Waals surface area contributed by atoms with Crippen LogP contribution in [0.3, 0.4) is 0 Å². The zero-order chi connectivity index (χ0) is 24.4. The van der Waals surface area contributed by atoms with Crippen LogP contribution in [0.25, 0.3) is 17.0 Å². The number of para-hydroxylation sites is 1. The number of nitrogens with two attached hydrogens (primary N) is 1. The molecule has 0 atom stereocenters. The second-order valence-corrected chi connectivity index (χ2v) is 7.74. The van der Waals surface area contributed by atoms with E-state index in [0.29, 0.717) is 28.9 Å². The number of nitrogens with one attached hydrogen (secondary N) is 1. The van der Waals surface area contributed by atoms with E-state index in [0.717, 1.165) is 11.3 Å². The molecular formula is C22H24BN7O4. The SMILES string of the molecule is COc1nc2c(C(N)=O)cccc2n1-c1ncc(N(C)C)c(NCc2cccc(B(O)O)c2)n1. The van der Waals surface area contributed by atoms with Crippen LogP contribution in [0, 0.1) is 0 Å². The number of hydrogen-bond acceptors (Lipinski definition) is 9. The van der Waals surface area contributed by atoms with Gasteiger partial charge in [-0.15, -0.1) is 0 Å². The topological polar surface area (TPSA) is 152 Å². The van der Waals surface area contributed by atoms with E-state index in [1.165, 1.54) is 7.11 Å². The Labute approximate surface area is 196 Å². The fourth-order valence-electron chi connectivity index (χ4n) is 3.59. The minimum atomic E-state index is -1.55. The van der Waals surface area contributed by atoms with Gasteiger partial charge in [-0.1, -0.05) is 30.3 Å². The summed E-state index contributed by atoms with van der Waals surface area (Å²) >= 11 is 0. The molecule has 0 radical (unpaired) electrons. The fraction of sp³-hybridized carbons (Fsp3) is 0.182. The Bertz CT molecular complexity index is 1360. The van der Waals surface area contributed by atoms with Crippen molar-refractivity contribution in [3.63, 3.8) is 0 Å². The number of hydrogen-bond donors (Lipinski definition) is 4. The first kappa shape index (κ1) is 23.0. The lowest BCUT2D eigenvalue weighted by atomic mass is 9.80. The Balaban J connectivity index is 1.77. The van der Waals surface area contributed by atoms with E-state index in [2.05, 4.69) is 15.3 Å². The van der Waals surface area contributed by atoms with Crippen molar-refractivity contribution < 1.29 is 19.6 Å². The second kappa shape index (κ2) is 9.37. The molecule has 4 rings (SSSR count). The van der Waals surface area contributed by atoms with Crippen LogP contribution in [0.1, 0.15) is 15.9 Å². The highest BCUT2D eigenvalue weighted by Gasteiger charge is 2.21. The molecule has 0 spiro atoms. The normalized spacial score (nSPS) is 10.9. The number of carbonyl (C=O) groups excluding carboxylic acids is 1. The van der Waals surface area contributed by atoms with E-state index in [4.69, 9.17) is 15.5 Å². The van der Waals surface area contributed by atoms with Crippen LogP contribution in [0.15, 0.2) is 48.7 Å². The van der Waals surface area contributed by atoms with Crippen LogP contribution < -0.4 is 26.2 Å². The molecule has 34 heavy (non-hydrogen) atoms. The Hall–Kier alpha value is -4.16. The largest absolute Gasteiger partial charge is 0.488 e. The summed E-state index contributed by atoms with van der Waals surface area (Å²) in [5.74, 6) is 0.230. The minimum absolute atomic E-state index is 0.205. The summed E-state index contributed by atoms with van der Waals surface area (Å²) in [6.07, 6.45) is 1.67. The molecule has 2 aromatic heterocycles. The number of methoxy groups -OCH3 is 1. The van der Waals surface area contributed by atoms with Crippen LogP contribution in [-0.2, 0) is 6.54 Å². The molecule has 0 aliphatic heterocycles. The van der Waals surface area contributed by atoms with Crippen molar-refractivity contribution >= 4 is 41.0 Å². The van der Waals surface area contributed by atoms with Gasteiger partial charge in [-0.3, -0.25) is 4.79 Å². The molecule has 12 heteroatoms. The van der Waals surface area contributed by atoms with E-state index in [9.17, 15) is 14.8 Å². The van der Waals surface area contributed by atoms with E-state index in [1.54, 1.807) is 47.2 Å². The van der Waals surface area contributed by atoms with Gasteiger partial charge in [0.25, 0.3) is 5.91 Å². The lowest BCUT2D eigenvalue weighted by Gasteiger charge is -2.18. The summed E-state index contributed by atoms with van der Waals surface area (Å²) in [5.41, 5.74) is 8.72. The van der Waals surface area contributed by atoms with E-state index < -0.39 is 13.0 Å². The standard InChI is InChI=1S/C22H24BN7O4/c1-29(2)17-12-26-21(28-20(17)25-11-13-6-4-7-14(10-13)23(32)33)30-16-9-5-8-15(19(24)31)18(16)27-22(30)34-3/h4-10,12,32-33H,11H2,1-3H3,(H2,24,31)(H,25,26,28). The van der Waals surface area contributed by atoms with Crippen LogP contribution in [-0.4, -0.2) is 63.8 Å². The maximum atomic E-state index is 11.9. The first-order valence-electron chi connectivity index (χ1n) is 10.4. The zero-order valence-electron chi connectivity index (χ0n) is 18.9. The Morgan fingerprint density at radius 3 is 2.65 bits per heavy atom. The lowest BCUT2D eigenvalue weighted by Crippen LogP contribution is -2.30. The van der Waals surface area contributed by atoms with Gasteiger partial charge >= 0.3 is 13.1 Å². The number of benzene rings is 2. The predicted octanol–water partition coefficient (Wildman–Crippen LogP) is 0.281. The lowest BCUT2D eigenvalue weighted by molar-refractivity contribution is 0.100. The summed E-state index contributed by atoms with van der Waals surface area (Å²) in [4.78, 5) is 27.4. The summed E-state index contributed by atoms with van der Waals surface area (Å²) in [7, 11) is 3.67. The van der Waals surface area contributed by atoms with Crippen LogP contribution in [0.4, 0.5) is 11.5 Å². The van der Waals surface area contributed by atoms with E-state index >= 15 is 0 Å². The molecule has 1 amide bonds. The molecule has 0 saturated carbocycles. The average Bonchev–Trinajstić information content (AvgIpc) is 3.21. The van der Waals surface area contributed by atoms with Crippen molar-refractivity contribution in [2.75, 3.05) is 31.4 Å². The molecule has 2 heterocycles. The van der Waals surface area contributed by atoms with Gasteiger partial charge in [0.15, 0.2) is 5.82 Å². The highest BCUT2D eigenvalue weighted by molar-refractivity contribution is 6.58. The molecule has 0 aliphatic rings. The van der Waals surface area contributed by atoms with Gasteiger partial charge < -0.3 is 30.7 Å². The molecule has 5 N–H and O–H groups in total. The molecule has 11 nitrogen and oxygen atoms in total. The van der Waals surface area contributed by atoms with Gasteiger partial charge in [0, 0.05) is 20.6 Å². The maximum absolute atomic E-state index is 11.9. The zero-order valence-corrected chi connectivity index (χ0v) is 18.9. The maximum Gasteiger partial charge on any atom is 0.488 e. The Morgan fingerprint density at radius 1 is 1.21 bits per heavy atom. The highest BCUT2D eigenvalue weighted by atomic mass is 16.5. The van der Waals surface area contributed by atoms with Gasteiger partial charge in [-0.25, -0.2) is 9.55 Å². The number of anilines is 2. The molecule has 0 aliphatic carbocycles. The molecule has 0 bridgehead atoms. The van der Waals surface area contributed by atoms with Gasteiger partial charge in [-0.05, 0) is 23.2 Å².